The molecular formula is C14H18ClN3O2. The van der Waals surface area contributed by atoms with E-state index in [1.807, 2.05) is 6.07 Å². The van der Waals surface area contributed by atoms with Crippen molar-refractivity contribution in [2.75, 3.05) is 13.1 Å². The minimum absolute atomic E-state index is 0.0136. The summed E-state index contributed by atoms with van der Waals surface area (Å²) in [5.74, 6) is 1.30. The second-order valence-electron chi connectivity index (χ2n) is 5.90. The molecule has 0 radical (unpaired) electrons. The normalized spacial score (nSPS) is 29.6. The van der Waals surface area contributed by atoms with E-state index in [0.717, 1.165) is 31.6 Å². The first kappa shape index (κ1) is 13.8. The van der Waals surface area contributed by atoms with Crippen LogP contribution in [0.5, 0.6) is 0 Å². The molecule has 1 aromatic rings. The highest BCUT2D eigenvalue weighted by Gasteiger charge is 2.40. The number of halogens is 1. The lowest BCUT2D eigenvalue weighted by Crippen LogP contribution is -2.30. The number of nitrogens with zero attached hydrogens (tertiary/aromatic N) is 2. The zero-order valence-electron chi connectivity index (χ0n) is 11.2. The predicted octanol–water partition coefficient (Wildman–Crippen LogP) is 2.42. The SMILES string of the molecule is N[C@@H]1CC[C@@H]2CN(Cc3ccc(Cl)c([N+](=O)[O-])c3)C[C@@H]21. The predicted molar refractivity (Wildman–Crippen MR) is 77.6 cm³/mol. The average Bonchev–Trinajstić information content (AvgIpc) is 2.94. The van der Waals surface area contributed by atoms with Gasteiger partial charge in [0.25, 0.3) is 5.69 Å². The molecule has 3 rings (SSSR count). The van der Waals surface area contributed by atoms with Gasteiger partial charge >= 0.3 is 0 Å². The van der Waals surface area contributed by atoms with Crippen LogP contribution in [-0.4, -0.2) is 29.0 Å². The number of rotatable bonds is 3. The fourth-order valence-corrected chi connectivity index (χ4v) is 3.77. The maximum absolute atomic E-state index is 10.9. The lowest BCUT2D eigenvalue weighted by Gasteiger charge is -2.18. The van der Waals surface area contributed by atoms with Crippen molar-refractivity contribution in [3.63, 3.8) is 0 Å². The van der Waals surface area contributed by atoms with E-state index in [0.29, 0.717) is 17.9 Å². The third kappa shape index (κ3) is 2.53. The quantitative estimate of drug-likeness (QED) is 0.686. The summed E-state index contributed by atoms with van der Waals surface area (Å²) < 4.78 is 0. The molecule has 2 N–H and O–H groups in total. The monoisotopic (exact) mass is 295 g/mol. The highest BCUT2D eigenvalue weighted by Crippen LogP contribution is 2.37. The molecule has 2 aliphatic rings. The highest BCUT2D eigenvalue weighted by atomic mass is 35.5. The van der Waals surface area contributed by atoms with Crippen LogP contribution < -0.4 is 5.73 Å². The Labute approximate surface area is 122 Å². The van der Waals surface area contributed by atoms with E-state index >= 15 is 0 Å². The van der Waals surface area contributed by atoms with E-state index in [9.17, 15) is 10.1 Å². The van der Waals surface area contributed by atoms with Gasteiger partial charge in [-0.15, -0.1) is 0 Å². The molecule has 1 aromatic carbocycles. The van der Waals surface area contributed by atoms with Crippen molar-refractivity contribution in [2.24, 2.45) is 17.6 Å². The summed E-state index contributed by atoms with van der Waals surface area (Å²) >= 11 is 5.83. The Morgan fingerprint density at radius 1 is 1.40 bits per heavy atom. The van der Waals surface area contributed by atoms with Gasteiger partial charge in [-0.05, 0) is 36.3 Å². The molecule has 1 aliphatic heterocycles. The van der Waals surface area contributed by atoms with Crippen molar-refractivity contribution in [1.82, 2.24) is 4.90 Å². The van der Waals surface area contributed by atoms with Crippen LogP contribution in [0.1, 0.15) is 18.4 Å². The van der Waals surface area contributed by atoms with E-state index in [2.05, 4.69) is 4.90 Å². The second-order valence-corrected chi connectivity index (χ2v) is 6.31. The van der Waals surface area contributed by atoms with Crippen molar-refractivity contribution >= 4 is 17.3 Å². The topological polar surface area (TPSA) is 72.4 Å². The number of nitro groups is 1. The number of hydrogen-bond donors (Lipinski definition) is 1. The molecule has 1 heterocycles. The van der Waals surface area contributed by atoms with E-state index in [-0.39, 0.29) is 10.7 Å². The molecule has 1 aliphatic carbocycles. The number of nitrogens with two attached hydrogens (primary N) is 1. The van der Waals surface area contributed by atoms with Crippen molar-refractivity contribution < 1.29 is 4.92 Å². The lowest BCUT2D eigenvalue weighted by atomic mass is 9.98. The van der Waals surface area contributed by atoms with Crippen LogP contribution in [0.15, 0.2) is 18.2 Å². The summed E-state index contributed by atoms with van der Waals surface area (Å²) in [6.07, 6.45) is 2.35. The van der Waals surface area contributed by atoms with Crippen molar-refractivity contribution in [3.05, 3.63) is 38.9 Å². The number of nitro benzene ring substituents is 1. The number of benzene rings is 1. The average molecular weight is 296 g/mol. The number of hydrogen-bond acceptors (Lipinski definition) is 4. The van der Waals surface area contributed by atoms with Gasteiger partial charge in [-0.2, -0.15) is 0 Å². The van der Waals surface area contributed by atoms with E-state index in [4.69, 9.17) is 17.3 Å². The Balaban J connectivity index is 1.70. The molecule has 0 unspecified atom stereocenters. The molecule has 3 atom stereocenters. The molecule has 0 spiro atoms. The van der Waals surface area contributed by atoms with E-state index < -0.39 is 4.92 Å². The highest BCUT2D eigenvalue weighted by molar-refractivity contribution is 6.32. The Morgan fingerprint density at radius 2 is 2.20 bits per heavy atom. The van der Waals surface area contributed by atoms with Gasteiger partial charge in [0.2, 0.25) is 0 Å². The standard InChI is InChI=1S/C14H18ClN3O2/c15-12-3-1-9(5-14(12)18(19)20)6-17-7-10-2-4-13(16)11(10)8-17/h1,3,5,10-11,13H,2,4,6-8,16H2/t10-,11+,13-/m1/s1. The molecule has 1 saturated heterocycles. The number of likely N-dealkylation sites (tertiary alicyclic amines) is 1. The summed E-state index contributed by atoms with van der Waals surface area (Å²) in [5.41, 5.74) is 7.05. The van der Waals surface area contributed by atoms with E-state index in [1.165, 1.54) is 6.42 Å². The number of fused-ring (bicyclic) bond motifs is 1. The van der Waals surface area contributed by atoms with Crippen molar-refractivity contribution in [3.8, 4) is 0 Å². The van der Waals surface area contributed by atoms with Crippen LogP contribution >= 0.6 is 11.6 Å². The van der Waals surface area contributed by atoms with Crippen LogP contribution in [0.25, 0.3) is 0 Å². The summed E-state index contributed by atoms with van der Waals surface area (Å²) in [4.78, 5) is 12.8. The Hall–Kier alpha value is -1.17. The van der Waals surface area contributed by atoms with Crippen molar-refractivity contribution in [1.29, 1.82) is 0 Å². The summed E-state index contributed by atoms with van der Waals surface area (Å²) in [6, 6.07) is 5.38. The molecule has 1 saturated carbocycles. The molecule has 108 valence electrons. The molecule has 6 heteroatoms. The van der Waals surface area contributed by atoms with Gasteiger partial charge in [-0.1, -0.05) is 17.7 Å². The maximum atomic E-state index is 10.9. The van der Waals surface area contributed by atoms with E-state index in [1.54, 1.807) is 12.1 Å². The van der Waals surface area contributed by atoms with Gasteiger partial charge in [0.15, 0.2) is 0 Å². The lowest BCUT2D eigenvalue weighted by molar-refractivity contribution is -0.384. The van der Waals surface area contributed by atoms with Crippen LogP contribution in [0, 0.1) is 22.0 Å². The second kappa shape index (κ2) is 5.31. The van der Waals surface area contributed by atoms with Gasteiger partial charge < -0.3 is 5.73 Å². The fraction of sp³-hybridized carbons (Fsp3) is 0.571. The van der Waals surface area contributed by atoms with Crippen LogP contribution in [0.4, 0.5) is 5.69 Å². The summed E-state index contributed by atoms with van der Waals surface area (Å²) in [6.45, 7) is 2.79. The van der Waals surface area contributed by atoms with Gasteiger partial charge in [-0.3, -0.25) is 15.0 Å². The smallest absolute Gasteiger partial charge is 0.288 e. The molecule has 20 heavy (non-hydrogen) atoms. The Bertz CT molecular complexity index is 537. The Kier molecular flexibility index (Phi) is 3.67. The van der Waals surface area contributed by atoms with Crippen LogP contribution in [0.2, 0.25) is 5.02 Å². The van der Waals surface area contributed by atoms with Gasteiger partial charge in [0.1, 0.15) is 5.02 Å². The first-order valence-electron chi connectivity index (χ1n) is 6.95. The summed E-state index contributed by atoms with van der Waals surface area (Å²) in [5, 5.41) is 11.1. The maximum Gasteiger partial charge on any atom is 0.288 e. The molecule has 0 amide bonds. The van der Waals surface area contributed by atoms with Gasteiger partial charge in [0.05, 0.1) is 4.92 Å². The first-order chi connectivity index (χ1) is 9.54. The first-order valence-corrected chi connectivity index (χ1v) is 7.33. The van der Waals surface area contributed by atoms with Crippen LogP contribution in [-0.2, 0) is 6.54 Å². The third-order valence-corrected chi connectivity index (χ3v) is 4.92. The zero-order chi connectivity index (χ0) is 14.3. The molecular weight excluding hydrogens is 278 g/mol. The van der Waals surface area contributed by atoms with Gasteiger partial charge in [-0.25, -0.2) is 0 Å². The minimum atomic E-state index is -0.430. The molecule has 0 bridgehead atoms. The third-order valence-electron chi connectivity index (χ3n) is 4.60. The minimum Gasteiger partial charge on any atom is -0.327 e. The molecule has 2 fully saturated rings. The molecule has 0 aromatic heterocycles. The zero-order valence-corrected chi connectivity index (χ0v) is 11.9. The van der Waals surface area contributed by atoms with Crippen molar-refractivity contribution in [2.45, 2.75) is 25.4 Å². The summed E-state index contributed by atoms with van der Waals surface area (Å²) in [7, 11) is 0. The Morgan fingerprint density at radius 3 is 2.90 bits per heavy atom. The van der Waals surface area contributed by atoms with Crippen LogP contribution in [0.3, 0.4) is 0 Å². The molecule has 5 nitrogen and oxygen atoms in total. The van der Waals surface area contributed by atoms with Gasteiger partial charge in [0, 0.05) is 31.7 Å². The fourth-order valence-electron chi connectivity index (χ4n) is 3.58. The largest absolute Gasteiger partial charge is 0.327 e.